The van der Waals surface area contributed by atoms with E-state index in [1.54, 1.807) is 4.90 Å². The SMILES string of the molecule is O=C(O)N1CCC(c2ncnc3cc(N4CCOC4=O)ccc23)CC1. The van der Waals surface area contributed by atoms with Crippen LogP contribution in [0.1, 0.15) is 24.5 Å². The lowest BCUT2D eigenvalue weighted by Gasteiger charge is -2.30. The highest BCUT2D eigenvalue weighted by Crippen LogP contribution is 2.32. The van der Waals surface area contributed by atoms with Gasteiger partial charge in [0.2, 0.25) is 0 Å². The quantitative estimate of drug-likeness (QED) is 0.900. The average Bonchev–Trinajstić information content (AvgIpc) is 3.07. The van der Waals surface area contributed by atoms with Crippen LogP contribution in [-0.2, 0) is 4.74 Å². The summed E-state index contributed by atoms with van der Waals surface area (Å²) < 4.78 is 4.98. The van der Waals surface area contributed by atoms with Gasteiger partial charge in [0.15, 0.2) is 0 Å². The minimum Gasteiger partial charge on any atom is -0.465 e. The fraction of sp³-hybridized carbons (Fsp3) is 0.412. The van der Waals surface area contributed by atoms with Crippen molar-refractivity contribution in [2.75, 3.05) is 31.1 Å². The number of fused-ring (bicyclic) bond motifs is 1. The molecule has 130 valence electrons. The zero-order valence-electron chi connectivity index (χ0n) is 13.6. The third kappa shape index (κ3) is 2.84. The number of nitrogens with zero attached hydrogens (tertiary/aromatic N) is 4. The zero-order chi connectivity index (χ0) is 17.4. The van der Waals surface area contributed by atoms with Gasteiger partial charge in [-0.1, -0.05) is 0 Å². The first-order chi connectivity index (χ1) is 12.1. The number of aromatic nitrogens is 2. The van der Waals surface area contributed by atoms with Crippen LogP contribution in [0.15, 0.2) is 24.5 Å². The Morgan fingerprint density at radius 3 is 2.68 bits per heavy atom. The van der Waals surface area contributed by atoms with Crippen LogP contribution in [0.4, 0.5) is 15.3 Å². The predicted molar refractivity (Wildman–Crippen MR) is 89.8 cm³/mol. The molecule has 1 N–H and O–H groups in total. The topological polar surface area (TPSA) is 95.9 Å². The maximum atomic E-state index is 11.7. The Morgan fingerprint density at radius 2 is 2.00 bits per heavy atom. The first-order valence-electron chi connectivity index (χ1n) is 8.30. The van der Waals surface area contributed by atoms with E-state index in [-0.39, 0.29) is 12.0 Å². The molecule has 2 aliphatic heterocycles. The monoisotopic (exact) mass is 342 g/mol. The maximum Gasteiger partial charge on any atom is 0.414 e. The Balaban J connectivity index is 1.62. The lowest BCUT2D eigenvalue weighted by atomic mass is 9.91. The van der Waals surface area contributed by atoms with Crippen molar-refractivity contribution in [1.82, 2.24) is 14.9 Å². The van der Waals surface area contributed by atoms with E-state index < -0.39 is 6.09 Å². The Morgan fingerprint density at radius 1 is 1.20 bits per heavy atom. The number of amides is 2. The minimum absolute atomic E-state index is 0.212. The van der Waals surface area contributed by atoms with Gasteiger partial charge in [0.25, 0.3) is 0 Å². The fourth-order valence-electron chi connectivity index (χ4n) is 3.53. The Bertz CT molecular complexity index is 833. The van der Waals surface area contributed by atoms with Crippen LogP contribution in [0.3, 0.4) is 0 Å². The van der Waals surface area contributed by atoms with Crippen molar-refractivity contribution in [1.29, 1.82) is 0 Å². The van der Waals surface area contributed by atoms with E-state index in [0.29, 0.717) is 26.2 Å². The molecule has 2 aromatic rings. The Labute approximate surface area is 144 Å². The third-order valence-electron chi connectivity index (χ3n) is 4.88. The van der Waals surface area contributed by atoms with Gasteiger partial charge in [-0.3, -0.25) is 4.90 Å². The summed E-state index contributed by atoms with van der Waals surface area (Å²) in [6.07, 6.45) is 1.83. The van der Waals surface area contributed by atoms with Gasteiger partial charge in [-0.2, -0.15) is 0 Å². The van der Waals surface area contributed by atoms with E-state index in [1.807, 2.05) is 18.2 Å². The number of carbonyl (C=O) groups is 2. The van der Waals surface area contributed by atoms with E-state index >= 15 is 0 Å². The van der Waals surface area contributed by atoms with Crippen molar-refractivity contribution < 1.29 is 19.4 Å². The third-order valence-corrected chi connectivity index (χ3v) is 4.88. The highest BCUT2D eigenvalue weighted by atomic mass is 16.6. The maximum absolute atomic E-state index is 11.7. The van der Waals surface area contributed by atoms with Crippen molar-refractivity contribution in [3.8, 4) is 0 Å². The average molecular weight is 342 g/mol. The van der Waals surface area contributed by atoms with Crippen molar-refractivity contribution in [2.45, 2.75) is 18.8 Å². The number of cyclic esters (lactones) is 1. The van der Waals surface area contributed by atoms with Crippen molar-refractivity contribution in [2.24, 2.45) is 0 Å². The Hall–Kier alpha value is -2.90. The molecule has 0 atom stereocenters. The van der Waals surface area contributed by atoms with Crippen LogP contribution in [0.5, 0.6) is 0 Å². The molecule has 2 aliphatic rings. The molecule has 0 bridgehead atoms. The molecule has 1 aromatic heterocycles. The highest BCUT2D eigenvalue weighted by Gasteiger charge is 2.27. The van der Waals surface area contributed by atoms with Crippen LogP contribution < -0.4 is 4.90 Å². The number of piperidine rings is 1. The molecule has 8 nitrogen and oxygen atoms in total. The van der Waals surface area contributed by atoms with Crippen LogP contribution in [0, 0.1) is 0 Å². The predicted octanol–water partition coefficient (Wildman–Crippen LogP) is 2.44. The summed E-state index contributed by atoms with van der Waals surface area (Å²) in [6, 6.07) is 5.70. The summed E-state index contributed by atoms with van der Waals surface area (Å²) in [6.45, 7) is 1.97. The minimum atomic E-state index is -0.867. The lowest BCUT2D eigenvalue weighted by Crippen LogP contribution is -2.37. The summed E-state index contributed by atoms with van der Waals surface area (Å²) in [7, 11) is 0. The number of ether oxygens (including phenoxy) is 1. The number of hydrogen-bond donors (Lipinski definition) is 1. The molecule has 8 heteroatoms. The Kier molecular flexibility index (Phi) is 3.87. The summed E-state index contributed by atoms with van der Waals surface area (Å²) in [5.74, 6) is 0.212. The largest absolute Gasteiger partial charge is 0.465 e. The molecule has 1 aromatic carbocycles. The number of rotatable bonds is 2. The number of benzene rings is 1. The fourth-order valence-corrected chi connectivity index (χ4v) is 3.53. The number of carbonyl (C=O) groups excluding carboxylic acids is 1. The van der Waals surface area contributed by atoms with Crippen molar-refractivity contribution in [3.63, 3.8) is 0 Å². The molecule has 0 aliphatic carbocycles. The van der Waals surface area contributed by atoms with Crippen LogP contribution in [0.25, 0.3) is 10.9 Å². The molecule has 0 radical (unpaired) electrons. The van der Waals surface area contributed by atoms with Gasteiger partial charge in [-0.25, -0.2) is 19.6 Å². The van der Waals surface area contributed by atoms with Crippen molar-refractivity contribution in [3.05, 3.63) is 30.2 Å². The molecule has 0 saturated carbocycles. The molecule has 3 heterocycles. The molecule has 4 rings (SSSR count). The molecular weight excluding hydrogens is 324 g/mol. The van der Waals surface area contributed by atoms with Gasteiger partial charge in [0, 0.05) is 30.1 Å². The molecule has 2 fully saturated rings. The van der Waals surface area contributed by atoms with E-state index in [2.05, 4.69) is 9.97 Å². The number of likely N-dealkylation sites (tertiary alicyclic amines) is 1. The summed E-state index contributed by atoms with van der Waals surface area (Å²) in [5, 5.41) is 10.0. The smallest absolute Gasteiger partial charge is 0.414 e. The molecule has 2 saturated heterocycles. The van der Waals surface area contributed by atoms with Crippen LogP contribution in [0.2, 0.25) is 0 Å². The van der Waals surface area contributed by atoms with Gasteiger partial charge in [-0.15, -0.1) is 0 Å². The van der Waals surface area contributed by atoms with Crippen LogP contribution in [-0.4, -0.2) is 58.4 Å². The second kappa shape index (κ2) is 6.19. The molecule has 0 unspecified atom stereocenters. The standard InChI is InChI=1S/C17H18N4O4/c22-16(23)20-5-3-11(4-6-20)15-13-2-1-12(9-14(13)18-10-19-15)21-7-8-25-17(21)24/h1-2,9-11H,3-8H2,(H,22,23). The van der Waals surface area contributed by atoms with E-state index in [4.69, 9.17) is 9.84 Å². The van der Waals surface area contributed by atoms with Gasteiger partial charge >= 0.3 is 12.2 Å². The lowest BCUT2D eigenvalue weighted by molar-refractivity contribution is 0.132. The summed E-state index contributed by atoms with van der Waals surface area (Å²) in [5.41, 5.74) is 2.49. The normalized spacial score (nSPS) is 18.6. The molecule has 2 amide bonds. The first kappa shape index (κ1) is 15.6. The number of hydrogen-bond acceptors (Lipinski definition) is 5. The molecule has 25 heavy (non-hydrogen) atoms. The number of anilines is 1. The number of carboxylic acid groups (broad SMARTS) is 1. The highest BCUT2D eigenvalue weighted by molar-refractivity contribution is 5.93. The summed E-state index contributed by atoms with van der Waals surface area (Å²) >= 11 is 0. The molecular formula is C17H18N4O4. The van der Waals surface area contributed by atoms with Gasteiger partial charge in [0.1, 0.15) is 12.9 Å². The van der Waals surface area contributed by atoms with E-state index in [9.17, 15) is 9.59 Å². The first-order valence-corrected chi connectivity index (χ1v) is 8.30. The molecule has 0 spiro atoms. The summed E-state index contributed by atoms with van der Waals surface area (Å²) in [4.78, 5) is 34.6. The second-order valence-electron chi connectivity index (χ2n) is 6.27. The van der Waals surface area contributed by atoms with E-state index in [0.717, 1.165) is 35.1 Å². The van der Waals surface area contributed by atoms with Gasteiger partial charge in [0.05, 0.1) is 17.8 Å². The van der Waals surface area contributed by atoms with Gasteiger partial charge < -0.3 is 14.7 Å². The van der Waals surface area contributed by atoms with Crippen LogP contribution >= 0.6 is 0 Å². The second-order valence-corrected chi connectivity index (χ2v) is 6.27. The van der Waals surface area contributed by atoms with Gasteiger partial charge in [-0.05, 0) is 31.0 Å². The zero-order valence-corrected chi connectivity index (χ0v) is 13.6. The van der Waals surface area contributed by atoms with Crippen molar-refractivity contribution >= 4 is 28.8 Å². The van der Waals surface area contributed by atoms with E-state index in [1.165, 1.54) is 11.2 Å².